The standard InChI is InChI=1S/C15H24O2Si.C14H24Si.C13H22Si.C10H20O2.C10H24Si.C8H16O2.C7H14O2.C6H14/c1-7-15(2,3)14(16)17-12-8-10-13(11-9-12)18(4,5)6;1-6-12(2)14-9-7-13(8-10-14)11-15(3,4)5;1-6-11(2)12-7-9-13(10-8-12)14(3,4)5;1-5-7-8-12-9(11)10(3,4)6-2;1-7-10(2,3)8-9-11(4,5)6;1-5-8(3,4)7(9)10-6-2;1-4-6(3)7(8)9-5-2;1-4-6(3)5-2/h8-11H,7H2,1-6H3;7-10,12H,6,11H2,1-5H3;7-11H,6H2,1-5H3;5-8H2,1-4H3;7-9H2,1-6H3;5-6H2,1-4H3;6H,4-5H2,1-3H3;6H,4-5H2,1-3H3. The van der Waals surface area contributed by atoms with E-state index < -0.39 is 37.7 Å². The Morgan fingerprint density at radius 2 is 0.789 bits per heavy atom. The molecule has 0 aliphatic rings. The Hall–Kier alpha value is -3.59. The lowest BCUT2D eigenvalue weighted by Gasteiger charge is -2.26. The van der Waals surface area contributed by atoms with Crippen molar-refractivity contribution in [1.82, 2.24) is 0 Å². The van der Waals surface area contributed by atoms with Gasteiger partial charge in [0.2, 0.25) is 0 Å². The number of carbonyl (C=O) groups excluding carboxylic acids is 4. The minimum Gasteiger partial charge on any atom is -0.466 e. The minimum atomic E-state index is -1.28. The lowest BCUT2D eigenvalue weighted by atomic mass is 9.87. The van der Waals surface area contributed by atoms with Crippen molar-refractivity contribution in [3.05, 3.63) is 89.5 Å². The summed E-state index contributed by atoms with van der Waals surface area (Å²) in [7, 11) is -4.12. The average molecular weight is 1400 g/mol. The monoisotopic (exact) mass is 1400 g/mol. The highest BCUT2D eigenvalue weighted by Crippen LogP contribution is 2.30. The molecule has 95 heavy (non-hydrogen) atoms. The van der Waals surface area contributed by atoms with Crippen LogP contribution in [0.3, 0.4) is 0 Å². The summed E-state index contributed by atoms with van der Waals surface area (Å²) < 4.78 is 20.1. The van der Waals surface area contributed by atoms with Crippen LogP contribution in [0, 0.1) is 33.5 Å². The highest BCUT2D eigenvalue weighted by Gasteiger charge is 2.29. The molecule has 12 heteroatoms. The third-order valence-corrected chi connectivity index (χ3v) is 25.7. The summed E-state index contributed by atoms with van der Waals surface area (Å²) in [6.45, 7) is 80.1. The van der Waals surface area contributed by atoms with Crippen LogP contribution >= 0.6 is 0 Å². The van der Waals surface area contributed by atoms with Gasteiger partial charge in [-0.2, -0.15) is 0 Å². The van der Waals surface area contributed by atoms with Gasteiger partial charge in [0.1, 0.15) is 5.75 Å². The molecule has 0 fully saturated rings. The van der Waals surface area contributed by atoms with Gasteiger partial charge >= 0.3 is 23.9 Å². The van der Waals surface area contributed by atoms with Crippen molar-refractivity contribution in [2.45, 2.75) is 346 Å². The number of esters is 4. The van der Waals surface area contributed by atoms with E-state index in [0.29, 0.717) is 42.8 Å². The predicted molar refractivity (Wildman–Crippen MR) is 433 cm³/mol. The number of benzene rings is 3. The van der Waals surface area contributed by atoms with Gasteiger partial charge in [0, 0.05) is 16.1 Å². The second kappa shape index (κ2) is 50.7. The third kappa shape index (κ3) is 51.3. The van der Waals surface area contributed by atoms with Gasteiger partial charge < -0.3 is 18.9 Å². The average Bonchev–Trinajstić information content (AvgIpc) is 0.880. The Bertz CT molecular complexity index is 2410. The highest BCUT2D eigenvalue weighted by atomic mass is 28.3. The Morgan fingerprint density at radius 3 is 1.08 bits per heavy atom. The van der Waals surface area contributed by atoms with Gasteiger partial charge in [0.15, 0.2) is 0 Å². The highest BCUT2D eigenvalue weighted by molar-refractivity contribution is 6.89. The Labute approximate surface area is 595 Å². The quantitative estimate of drug-likeness (QED) is 0.0233. The van der Waals surface area contributed by atoms with Gasteiger partial charge in [-0.05, 0) is 153 Å². The normalized spacial score (nSPS) is 12.6. The summed E-state index contributed by atoms with van der Waals surface area (Å²) in [5, 5.41) is 2.93. The molecule has 8 nitrogen and oxygen atoms in total. The molecule has 0 N–H and O–H groups in total. The molecule has 0 saturated carbocycles. The van der Waals surface area contributed by atoms with Crippen LogP contribution < -0.4 is 15.1 Å². The van der Waals surface area contributed by atoms with E-state index >= 15 is 0 Å². The van der Waals surface area contributed by atoms with Crippen LogP contribution in [0.2, 0.25) is 84.6 Å². The van der Waals surface area contributed by atoms with E-state index in [9.17, 15) is 19.2 Å². The fraction of sp³-hybridized carbons (Fsp3) is 0.735. The third-order valence-electron chi connectivity index (χ3n) is 18.3. The molecular weight excluding hydrogens is 1240 g/mol. The zero-order valence-electron chi connectivity index (χ0n) is 69.5. The molecule has 0 heterocycles. The van der Waals surface area contributed by atoms with Gasteiger partial charge in [0.25, 0.3) is 0 Å². The van der Waals surface area contributed by atoms with E-state index in [1.165, 1.54) is 72.5 Å². The zero-order chi connectivity index (χ0) is 75.4. The van der Waals surface area contributed by atoms with Crippen molar-refractivity contribution in [1.29, 1.82) is 0 Å². The van der Waals surface area contributed by atoms with Crippen LogP contribution in [-0.2, 0) is 39.4 Å². The first-order chi connectivity index (χ1) is 43.4. The largest absolute Gasteiger partial charge is 0.466 e. The zero-order valence-corrected chi connectivity index (χ0v) is 73.5. The summed E-state index contributed by atoms with van der Waals surface area (Å²) in [6.07, 6.45) is 13.2. The van der Waals surface area contributed by atoms with E-state index in [1.54, 1.807) is 5.19 Å². The van der Waals surface area contributed by atoms with Crippen LogP contribution in [0.15, 0.2) is 72.8 Å². The van der Waals surface area contributed by atoms with Crippen LogP contribution in [-0.4, -0.2) is 76.0 Å². The van der Waals surface area contributed by atoms with E-state index in [-0.39, 0.29) is 40.6 Å². The van der Waals surface area contributed by atoms with Crippen LogP contribution in [0.5, 0.6) is 5.75 Å². The molecule has 0 aliphatic heterocycles. The van der Waals surface area contributed by atoms with Crippen molar-refractivity contribution in [2.75, 3.05) is 19.8 Å². The maximum atomic E-state index is 11.9. The molecule has 3 atom stereocenters. The van der Waals surface area contributed by atoms with E-state index in [1.807, 2.05) is 102 Å². The molecule has 3 rings (SSSR count). The SMILES string of the molecule is CCC(C)(C)C(=O)Oc1ccc([Si](C)(C)C)cc1.CCC(C)(C)CC[Si](C)(C)C.CCC(C)CC.CCC(C)c1ccc(C[Si](C)(C)C)cc1.CCC(C)c1ccc([Si](C)(C)C)cc1.CCCCOC(=O)C(C)(C)CC.CCOC(=O)C(C)(C)CC.CCOC(=O)C(C)CC. The molecule has 0 radical (unpaired) electrons. The predicted octanol–water partition coefficient (Wildman–Crippen LogP) is 24.9. The summed E-state index contributed by atoms with van der Waals surface area (Å²) in [5.74, 6) is 2.62. The fourth-order valence-corrected chi connectivity index (χ4v) is 12.7. The summed E-state index contributed by atoms with van der Waals surface area (Å²) in [6, 6.07) is 29.3. The molecule has 0 aliphatic carbocycles. The molecule has 0 amide bonds. The molecule has 3 aromatic carbocycles. The van der Waals surface area contributed by atoms with Crippen molar-refractivity contribution in [3.63, 3.8) is 0 Å². The van der Waals surface area contributed by atoms with E-state index in [0.717, 1.165) is 44.4 Å². The Kier molecular flexibility index (Phi) is 53.4. The van der Waals surface area contributed by atoms with Crippen molar-refractivity contribution >= 4 is 66.5 Å². The summed E-state index contributed by atoms with van der Waals surface area (Å²) >= 11 is 0. The molecule has 3 aromatic rings. The number of ether oxygens (including phenoxy) is 4. The maximum absolute atomic E-state index is 11.9. The van der Waals surface area contributed by atoms with Crippen LogP contribution in [0.25, 0.3) is 0 Å². The smallest absolute Gasteiger partial charge is 0.316 e. The molecule has 0 bridgehead atoms. The number of hydrogen-bond acceptors (Lipinski definition) is 8. The maximum Gasteiger partial charge on any atom is 0.316 e. The number of rotatable bonds is 28. The van der Waals surface area contributed by atoms with E-state index in [4.69, 9.17) is 18.9 Å². The molecule has 554 valence electrons. The Morgan fingerprint density at radius 1 is 0.421 bits per heavy atom. The van der Waals surface area contributed by atoms with E-state index in [2.05, 4.69) is 215 Å². The van der Waals surface area contributed by atoms with Crippen LogP contribution in [0.1, 0.15) is 272 Å². The minimum absolute atomic E-state index is 0.0601. The molecule has 0 aromatic heterocycles. The van der Waals surface area contributed by atoms with Gasteiger partial charge in [-0.1, -0.05) is 304 Å². The van der Waals surface area contributed by atoms with Crippen molar-refractivity contribution < 1.29 is 38.1 Å². The van der Waals surface area contributed by atoms with Crippen LogP contribution in [0.4, 0.5) is 0 Å². The van der Waals surface area contributed by atoms with Gasteiger partial charge in [-0.3, -0.25) is 19.2 Å². The lowest BCUT2D eigenvalue weighted by Crippen LogP contribution is -2.37. The first-order valence-corrected chi connectivity index (χ1v) is 51.9. The summed E-state index contributed by atoms with van der Waals surface area (Å²) in [5.41, 5.74) is 4.02. The Balaban J connectivity index is -0.000000330. The summed E-state index contributed by atoms with van der Waals surface area (Å²) in [4.78, 5) is 45.1. The van der Waals surface area contributed by atoms with Gasteiger partial charge in [-0.25, -0.2) is 0 Å². The van der Waals surface area contributed by atoms with Crippen molar-refractivity contribution in [3.8, 4) is 5.75 Å². The first-order valence-electron chi connectivity index (χ1n) is 37.4. The topological polar surface area (TPSA) is 105 Å². The molecule has 0 saturated heterocycles. The molecule has 3 unspecified atom stereocenters. The van der Waals surface area contributed by atoms with Gasteiger partial charge in [0.05, 0.1) is 58.1 Å². The van der Waals surface area contributed by atoms with Crippen molar-refractivity contribution in [2.24, 2.45) is 33.5 Å². The lowest BCUT2D eigenvalue weighted by molar-refractivity contribution is -0.154. The first kappa shape index (κ1) is 100. The second-order valence-corrected chi connectivity index (χ2v) is 54.9. The fourth-order valence-electron chi connectivity index (χ4n) is 7.52. The number of hydrogen-bond donors (Lipinski definition) is 0. The number of carbonyl (C=O) groups is 4. The molecular formula is C83H158O8Si4. The second-order valence-electron chi connectivity index (χ2n) is 33.6. The number of unbranched alkanes of at least 4 members (excludes halogenated alkanes) is 1. The van der Waals surface area contributed by atoms with Gasteiger partial charge in [-0.15, -0.1) is 0 Å². The molecule has 0 spiro atoms.